The maximum atomic E-state index is 12.7. The summed E-state index contributed by atoms with van der Waals surface area (Å²) in [6, 6.07) is 16.4. The lowest BCUT2D eigenvalue weighted by atomic mass is 10.2. The van der Waals surface area contributed by atoms with Gasteiger partial charge in [-0.1, -0.05) is 24.3 Å². The first kappa shape index (κ1) is 18.0. The van der Waals surface area contributed by atoms with Crippen LogP contribution in [0.4, 0.5) is 5.69 Å². The fraction of sp³-hybridized carbons (Fsp3) is 0.333. The minimum Gasteiger partial charge on any atom is -0.378 e. The van der Waals surface area contributed by atoms with Gasteiger partial charge in [0.2, 0.25) is 5.91 Å². The van der Waals surface area contributed by atoms with Crippen molar-refractivity contribution in [3.05, 3.63) is 60.4 Å². The Hall–Kier alpha value is -2.82. The molecule has 2 aromatic carbocycles. The molecule has 26 heavy (non-hydrogen) atoms. The quantitative estimate of drug-likeness (QED) is 0.654. The number of aromatic nitrogens is 2. The molecule has 0 saturated carbocycles. The Kier molecular flexibility index (Phi) is 5.56. The summed E-state index contributed by atoms with van der Waals surface area (Å²) in [6.45, 7) is 4.03. The predicted molar refractivity (Wildman–Crippen MR) is 106 cm³/mol. The largest absolute Gasteiger partial charge is 0.378 e. The summed E-state index contributed by atoms with van der Waals surface area (Å²) in [5, 5.41) is 0. The van der Waals surface area contributed by atoms with E-state index in [1.807, 2.05) is 61.1 Å². The van der Waals surface area contributed by atoms with Crippen molar-refractivity contribution in [3.8, 4) is 0 Å². The van der Waals surface area contributed by atoms with E-state index in [4.69, 9.17) is 0 Å². The molecule has 0 N–H and O–H groups in total. The van der Waals surface area contributed by atoms with Gasteiger partial charge in [-0.15, -0.1) is 0 Å². The smallest absolute Gasteiger partial charge is 0.224 e. The Morgan fingerprint density at radius 1 is 1.08 bits per heavy atom. The van der Waals surface area contributed by atoms with Crippen molar-refractivity contribution in [1.29, 1.82) is 0 Å². The SMILES string of the molecule is CCN(Cc1ccc(N(C)C)cc1)C(=O)CCn1cnc2ccccc21. The molecular formula is C21H26N4O. The van der Waals surface area contributed by atoms with Gasteiger partial charge < -0.3 is 14.4 Å². The summed E-state index contributed by atoms with van der Waals surface area (Å²) in [4.78, 5) is 21.0. The van der Waals surface area contributed by atoms with E-state index in [9.17, 15) is 4.79 Å². The first-order valence-electron chi connectivity index (χ1n) is 9.02. The minimum atomic E-state index is 0.168. The molecule has 0 aliphatic rings. The Bertz CT molecular complexity index is 867. The van der Waals surface area contributed by atoms with Crippen LogP contribution in [0.3, 0.4) is 0 Å². The van der Waals surface area contributed by atoms with Crippen LogP contribution < -0.4 is 4.90 Å². The molecule has 0 radical (unpaired) electrons. The number of fused-ring (bicyclic) bond motifs is 1. The first-order valence-corrected chi connectivity index (χ1v) is 9.02. The molecular weight excluding hydrogens is 324 g/mol. The third-order valence-electron chi connectivity index (χ3n) is 4.65. The van der Waals surface area contributed by atoms with Crippen LogP contribution in [0.15, 0.2) is 54.9 Å². The number of imidazole rings is 1. The second-order valence-electron chi connectivity index (χ2n) is 6.65. The average Bonchev–Trinajstić information content (AvgIpc) is 3.07. The molecule has 5 heteroatoms. The molecule has 5 nitrogen and oxygen atoms in total. The number of benzene rings is 2. The average molecular weight is 350 g/mol. The highest BCUT2D eigenvalue weighted by atomic mass is 16.2. The summed E-state index contributed by atoms with van der Waals surface area (Å²) in [6.07, 6.45) is 2.29. The number of hydrogen-bond donors (Lipinski definition) is 0. The van der Waals surface area contributed by atoms with Crippen molar-refractivity contribution in [2.24, 2.45) is 0 Å². The van der Waals surface area contributed by atoms with Gasteiger partial charge in [0, 0.05) is 45.8 Å². The van der Waals surface area contributed by atoms with E-state index in [0.717, 1.165) is 22.3 Å². The maximum absolute atomic E-state index is 12.7. The zero-order valence-electron chi connectivity index (χ0n) is 15.7. The van der Waals surface area contributed by atoms with Crippen molar-refractivity contribution < 1.29 is 4.79 Å². The fourth-order valence-electron chi connectivity index (χ4n) is 3.06. The van der Waals surface area contributed by atoms with E-state index in [0.29, 0.717) is 26.1 Å². The molecule has 0 aliphatic carbocycles. The fourth-order valence-corrected chi connectivity index (χ4v) is 3.06. The van der Waals surface area contributed by atoms with Gasteiger partial charge in [0.1, 0.15) is 0 Å². The van der Waals surface area contributed by atoms with Crippen molar-refractivity contribution in [2.45, 2.75) is 26.4 Å². The highest BCUT2D eigenvalue weighted by Gasteiger charge is 2.13. The van der Waals surface area contributed by atoms with Gasteiger partial charge in [-0.25, -0.2) is 4.98 Å². The van der Waals surface area contributed by atoms with Gasteiger partial charge in [-0.3, -0.25) is 4.79 Å². The van der Waals surface area contributed by atoms with Crippen molar-refractivity contribution in [3.63, 3.8) is 0 Å². The van der Waals surface area contributed by atoms with Gasteiger partial charge >= 0.3 is 0 Å². The molecule has 0 saturated heterocycles. The maximum Gasteiger partial charge on any atom is 0.224 e. The Labute approximate surface area is 154 Å². The van der Waals surface area contributed by atoms with E-state index in [-0.39, 0.29) is 5.91 Å². The highest BCUT2D eigenvalue weighted by Crippen LogP contribution is 2.15. The van der Waals surface area contributed by atoms with E-state index >= 15 is 0 Å². The molecule has 0 fully saturated rings. The lowest BCUT2D eigenvalue weighted by Crippen LogP contribution is -2.30. The van der Waals surface area contributed by atoms with Gasteiger partial charge in [-0.05, 0) is 36.8 Å². The number of rotatable bonds is 7. The van der Waals surface area contributed by atoms with Gasteiger partial charge in [0.15, 0.2) is 0 Å². The number of nitrogens with zero attached hydrogens (tertiary/aromatic N) is 4. The lowest BCUT2D eigenvalue weighted by Gasteiger charge is -2.22. The van der Waals surface area contributed by atoms with Crippen LogP contribution in [0, 0.1) is 0 Å². The van der Waals surface area contributed by atoms with Crippen LogP contribution in [-0.2, 0) is 17.9 Å². The molecule has 1 aromatic heterocycles. The molecule has 3 rings (SSSR count). The number of amides is 1. The lowest BCUT2D eigenvalue weighted by molar-refractivity contribution is -0.131. The Morgan fingerprint density at radius 3 is 2.50 bits per heavy atom. The first-order chi connectivity index (χ1) is 12.6. The van der Waals surface area contributed by atoms with Crippen LogP contribution >= 0.6 is 0 Å². The number of para-hydroxylation sites is 2. The van der Waals surface area contributed by atoms with Crippen molar-refractivity contribution in [1.82, 2.24) is 14.5 Å². The normalized spacial score (nSPS) is 10.9. The van der Waals surface area contributed by atoms with Crippen LogP contribution in [0.5, 0.6) is 0 Å². The topological polar surface area (TPSA) is 41.4 Å². The van der Waals surface area contributed by atoms with Crippen LogP contribution in [-0.4, -0.2) is 41.0 Å². The molecule has 1 heterocycles. The summed E-state index contributed by atoms with van der Waals surface area (Å²) >= 11 is 0. The zero-order chi connectivity index (χ0) is 18.5. The minimum absolute atomic E-state index is 0.168. The second kappa shape index (κ2) is 8.04. The van der Waals surface area contributed by atoms with Gasteiger partial charge in [-0.2, -0.15) is 0 Å². The highest BCUT2D eigenvalue weighted by molar-refractivity contribution is 5.77. The standard InChI is InChI=1S/C21H26N4O/c1-4-24(15-17-9-11-18(12-10-17)23(2)3)21(26)13-14-25-16-22-19-7-5-6-8-20(19)25/h5-12,16H,4,13-15H2,1-3H3. The number of hydrogen-bond acceptors (Lipinski definition) is 3. The number of anilines is 1. The van der Waals surface area contributed by atoms with E-state index < -0.39 is 0 Å². The second-order valence-corrected chi connectivity index (χ2v) is 6.65. The number of carbonyl (C=O) groups excluding carboxylic acids is 1. The Balaban J connectivity index is 1.61. The third kappa shape index (κ3) is 4.04. The molecule has 0 unspecified atom stereocenters. The van der Waals surface area contributed by atoms with E-state index in [1.165, 1.54) is 0 Å². The monoisotopic (exact) mass is 350 g/mol. The van der Waals surface area contributed by atoms with Gasteiger partial charge in [0.25, 0.3) is 0 Å². The summed E-state index contributed by atoms with van der Waals surface area (Å²) in [5.41, 5.74) is 4.35. The van der Waals surface area contributed by atoms with E-state index in [1.54, 1.807) is 0 Å². The summed E-state index contributed by atoms with van der Waals surface area (Å²) in [7, 11) is 4.05. The van der Waals surface area contributed by atoms with Crippen molar-refractivity contribution >= 4 is 22.6 Å². The number of aryl methyl sites for hydroxylation is 1. The van der Waals surface area contributed by atoms with Crippen LogP contribution in [0.2, 0.25) is 0 Å². The molecule has 0 atom stereocenters. The van der Waals surface area contributed by atoms with Crippen molar-refractivity contribution in [2.75, 3.05) is 25.5 Å². The molecule has 3 aromatic rings. The number of carbonyl (C=O) groups is 1. The van der Waals surface area contributed by atoms with Crippen LogP contribution in [0.25, 0.3) is 11.0 Å². The van der Waals surface area contributed by atoms with Gasteiger partial charge in [0.05, 0.1) is 17.4 Å². The predicted octanol–water partition coefficient (Wildman–Crippen LogP) is 3.54. The molecule has 1 amide bonds. The molecule has 0 aliphatic heterocycles. The summed E-state index contributed by atoms with van der Waals surface area (Å²) in [5.74, 6) is 0.168. The van der Waals surface area contributed by atoms with E-state index in [2.05, 4.69) is 34.1 Å². The van der Waals surface area contributed by atoms with Crippen LogP contribution in [0.1, 0.15) is 18.9 Å². The molecule has 0 spiro atoms. The molecule has 0 bridgehead atoms. The zero-order valence-corrected chi connectivity index (χ0v) is 15.7. The molecule has 136 valence electrons. The Morgan fingerprint density at radius 2 is 1.81 bits per heavy atom. The third-order valence-corrected chi connectivity index (χ3v) is 4.65. The summed E-state index contributed by atoms with van der Waals surface area (Å²) < 4.78 is 2.05.